The maximum atomic E-state index is 8.76. The zero-order valence-corrected chi connectivity index (χ0v) is 5.61. The first kappa shape index (κ1) is 6.95. The largest absolute Gasteiger partial charge is 0.505 e. The second-order valence-electron chi connectivity index (χ2n) is 1.79. The Labute approximate surface area is 58.5 Å². The van der Waals surface area contributed by atoms with Crippen molar-refractivity contribution < 1.29 is 9.84 Å². The second kappa shape index (κ2) is 3.12. The van der Waals surface area contributed by atoms with E-state index in [0.29, 0.717) is 12.4 Å². The number of hydrogen-bond acceptors (Lipinski definition) is 4. The predicted molar refractivity (Wildman–Crippen MR) is 34.4 cm³/mol. The minimum atomic E-state index is 0.0693. The van der Waals surface area contributed by atoms with Crippen LogP contribution in [-0.4, -0.2) is 22.2 Å². The zero-order valence-electron chi connectivity index (χ0n) is 5.61. The van der Waals surface area contributed by atoms with E-state index in [-0.39, 0.29) is 5.75 Å². The van der Waals surface area contributed by atoms with Crippen molar-refractivity contribution in [3.63, 3.8) is 0 Å². The molecule has 0 amide bonds. The van der Waals surface area contributed by atoms with E-state index in [4.69, 9.17) is 9.84 Å². The van der Waals surface area contributed by atoms with Crippen LogP contribution in [0.5, 0.6) is 5.75 Å². The number of rotatable bonds is 2. The van der Waals surface area contributed by atoms with Crippen molar-refractivity contribution in [2.45, 2.75) is 6.61 Å². The van der Waals surface area contributed by atoms with Gasteiger partial charge in [-0.1, -0.05) is 0 Å². The van der Waals surface area contributed by atoms with E-state index in [0.717, 1.165) is 0 Å². The smallest absolute Gasteiger partial charge is 0.154 e. The average molecular weight is 140 g/mol. The minimum Gasteiger partial charge on any atom is -0.505 e. The molecule has 0 unspecified atom stereocenters. The molecule has 1 N–H and O–H groups in total. The van der Waals surface area contributed by atoms with Gasteiger partial charge >= 0.3 is 0 Å². The normalized spacial score (nSPS) is 9.70. The van der Waals surface area contributed by atoms with E-state index in [9.17, 15) is 0 Å². The van der Waals surface area contributed by atoms with Crippen LogP contribution in [0.1, 0.15) is 5.82 Å². The third-order valence-electron chi connectivity index (χ3n) is 0.965. The third kappa shape index (κ3) is 1.66. The summed E-state index contributed by atoms with van der Waals surface area (Å²) in [6, 6.07) is 0. The summed E-state index contributed by atoms with van der Waals surface area (Å²) in [4.78, 5) is 7.56. The van der Waals surface area contributed by atoms with Gasteiger partial charge in [0.25, 0.3) is 0 Å². The first-order chi connectivity index (χ1) is 4.83. The van der Waals surface area contributed by atoms with Gasteiger partial charge in [-0.25, -0.2) is 9.97 Å². The lowest BCUT2D eigenvalue weighted by atomic mass is 10.5. The van der Waals surface area contributed by atoms with Gasteiger partial charge in [0.15, 0.2) is 11.6 Å². The maximum Gasteiger partial charge on any atom is 0.154 e. The van der Waals surface area contributed by atoms with Crippen molar-refractivity contribution in [2.75, 3.05) is 7.11 Å². The third-order valence-corrected chi connectivity index (χ3v) is 0.965. The van der Waals surface area contributed by atoms with E-state index in [1.165, 1.54) is 12.4 Å². The van der Waals surface area contributed by atoms with Crippen LogP contribution in [0, 0.1) is 0 Å². The molecule has 0 saturated heterocycles. The van der Waals surface area contributed by atoms with E-state index >= 15 is 0 Å². The second-order valence-corrected chi connectivity index (χ2v) is 1.79. The minimum absolute atomic E-state index is 0.0693. The lowest BCUT2D eigenvalue weighted by Gasteiger charge is -1.95. The maximum absolute atomic E-state index is 8.76. The van der Waals surface area contributed by atoms with E-state index in [1.807, 2.05) is 0 Å². The molecular weight excluding hydrogens is 132 g/mol. The Bertz CT molecular complexity index is 197. The summed E-state index contributed by atoms with van der Waals surface area (Å²) in [5.41, 5.74) is 0. The van der Waals surface area contributed by atoms with Gasteiger partial charge in [-0.05, 0) is 0 Å². The lowest BCUT2D eigenvalue weighted by Crippen LogP contribution is -1.94. The quantitative estimate of drug-likeness (QED) is 0.643. The molecule has 0 aliphatic carbocycles. The molecule has 0 spiro atoms. The van der Waals surface area contributed by atoms with Crippen molar-refractivity contribution in [3.05, 3.63) is 18.2 Å². The highest BCUT2D eigenvalue weighted by Gasteiger charge is 1.93. The molecule has 0 atom stereocenters. The van der Waals surface area contributed by atoms with Crippen LogP contribution in [0.15, 0.2) is 12.4 Å². The predicted octanol–water partition coefficient (Wildman–Crippen LogP) is 0.329. The number of methoxy groups -OCH3 is 1. The highest BCUT2D eigenvalue weighted by atomic mass is 16.5. The fourth-order valence-corrected chi connectivity index (χ4v) is 0.552. The molecule has 1 heterocycles. The first-order valence-corrected chi connectivity index (χ1v) is 2.82. The summed E-state index contributed by atoms with van der Waals surface area (Å²) < 4.78 is 4.76. The highest BCUT2D eigenvalue weighted by molar-refractivity contribution is 5.08. The van der Waals surface area contributed by atoms with Gasteiger partial charge in [0.1, 0.15) is 6.61 Å². The Kier molecular flexibility index (Phi) is 2.17. The number of hydrogen-bond donors (Lipinski definition) is 1. The van der Waals surface area contributed by atoms with E-state index in [1.54, 1.807) is 7.11 Å². The van der Waals surface area contributed by atoms with Gasteiger partial charge in [-0.2, -0.15) is 0 Å². The monoisotopic (exact) mass is 140 g/mol. The van der Waals surface area contributed by atoms with Crippen LogP contribution in [0.2, 0.25) is 0 Å². The Morgan fingerprint density at radius 3 is 2.60 bits per heavy atom. The fourth-order valence-electron chi connectivity index (χ4n) is 0.552. The van der Waals surface area contributed by atoms with Gasteiger partial charge in [-0.3, -0.25) is 0 Å². The topological polar surface area (TPSA) is 55.2 Å². The van der Waals surface area contributed by atoms with Gasteiger partial charge < -0.3 is 9.84 Å². The summed E-state index contributed by atoms with van der Waals surface area (Å²) >= 11 is 0. The van der Waals surface area contributed by atoms with Crippen molar-refractivity contribution in [2.24, 2.45) is 0 Å². The fraction of sp³-hybridized carbons (Fsp3) is 0.333. The molecule has 0 saturated carbocycles. The van der Waals surface area contributed by atoms with Gasteiger partial charge in [-0.15, -0.1) is 0 Å². The van der Waals surface area contributed by atoms with Gasteiger partial charge in [0, 0.05) is 7.11 Å². The van der Waals surface area contributed by atoms with Gasteiger partial charge in [0.05, 0.1) is 12.4 Å². The molecule has 10 heavy (non-hydrogen) atoms. The molecule has 0 fully saturated rings. The van der Waals surface area contributed by atoms with Crippen LogP contribution < -0.4 is 0 Å². The van der Waals surface area contributed by atoms with Crippen LogP contribution >= 0.6 is 0 Å². The Morgan fingerprint density at radius 1 is 1.50 bits per heavy atom. The molecule has 4 heteroatoms. The highest BCUT2D eigenvalue weighted by Crippen LogP contribution is 2.01. The lowest BCUT2D eigenvalue weighted by molar-refractivity contribution is 0.177. The average Bonchev–Trinajstić information content (AvgIpc) is 1.95. The molecular formula is C6H8N2O2. The first-order valence-electron chi connectivity index (χ1n) is 2.82. The summed E-state index contributed by atoms with van der Waals surface area (Å²) in [6.07, 6.45) is 2.67. The molecule has 0 aliphatic heterocycles. The van der Waals surface area contributed by atoms with Crippen molar-refractivity contribution in [3.8, 4) is 5.75 Å². The van der Waals surface area contributed by atoms with Crippen LogP contribution in [0.3, 0.4) is 0 Å². The number of aromatic nitrogens is 2. The summed E-state index contributed by atoms with van der Waals surface area (Å²) in [5, 5.41) is 8.76. The standard InChI is InChI=1S/C6H8N2O2/c1-10-4-6-7-2-5(9)3-8-6/h2-3,9H,4H2,1H3. The Hall–Kier alpha value is -1.16. The van der Waals surface area contributed by atoms with Crippen LogP contribution in [-0.2, 0) is 11.3 Å². The van der Waals surface area contributed by atoms with E-state index < -0.39 is 0 Å². The molecule has 4 nitrogen and oxygen atoms in total. The van der Waals surface area contributed by atoms with Crippen LogP contribution in [0.25, 0.3) is 0 Å². The molecule has 0 bridgehead atoms. The van der Waals surface area contributed by atoms with Crippen molar-refractivity contribution in [1.82, 2.24) is 9.97 Å². The molecule has 0 aliphatic rings. The molecule has 1 aromatic rings. The zero-order chi connectivity index (χ0) is 7.40. The summed E-state index contributed by atoms with van der Waals surface area (Å²) in [7, 11) is 1.57. The van der Waals surface area contributed by atoms with Crippen LogP contribution in [0.4, 0.5) is 0 Å². The number of aromatic hydroxyl groups is 1. The molecule has 0 aromatic carbocycles. The summed E-state index contributed by atoms with van der Waals surface area (Å²) in [5.74, 6) is 0.639. The molecule has 0 radical (unpaired) electrons. The number of ether oxygens (including phenoxy) is 1. The Balaban J connectivity index is 2.69. The molecule has 1 rings (SSSR count). The van der Waals surface area contributed by atoms with Crippen molar-refractivity contribution in [1.29, 1.82) is 0 Å². The van der Waals surface area contributed by atoms with Gasteiger partial charge in [0.2, 0.25) is 0 Å². The molecule has 54 valence electrons. The Morgan fingerprint density at radius 2 is 2.10 bits per heavy atom. The summed E-state index contributed by atoms with van der Waals surface area (Å²) in [6.45, 7) is 0.375. The molecule has 1 aromatic heterocycles. The van der Waals surface area contributed by atoms with Crippen molar-refractivity contribution >= 4 is 0 Å². The SMILES string of the molecule is COCc1ncc(O)cn1. The van der Waals surface area contributed by atoms with E-state index in [2.05, 4.69) is 9.97 Å². The number of nitrogens with zero attached hydrogens (tertiary/aromatic N) is 2.